The van der Waals surface area contributed by atoms with Gasteiger partial charge in [-0.2, -0.15) is 11.8 Å². The van der Waals surface area contributed by atoms with Crippen LogP contribution in [0, 0.1) is 6.92 Å². The molecule has 1 heterocycles. The van der Waals surface area contributed by atoms with Crippen LogP contribution in [-0.4, -0.2) is 33.1 Å². The molecule has 0 unspecified atom stereocenters. The van der Waals surface area contributed by atoms with E-state index in [0.29, 0.717) is 17.5 Å². The predicted octanol–water partition coefficient (Wildman–Crippen LogP) is 2.18. The first kappa shape index (κ1) is 14.7. The molecule has 0 spiro atoms. The first-order valence-electron chi connectivity index (χ1n) is 6.29. The maximum Gasteiger partial charge on any atom is 0.244 e. The van der Waals surface area contributed by atoms with E-state index in [-0.39, 0.29) is 4.90 Å². The van der Waals surface area contributed by atoms with E-state index in [9.17, 15) is 8.42 Å². The number of nitrogens with one attached hydrogen (secondary N) is 1. The number of ether oxygens (including phenoxy) is 1. The van der Waals surface area contributed by atoms with Gasteiger partial charge in [0.2, 0.25) is 10.0 Å². The summed E-state index contributed by atoms with van der Waals surface area (Å²) in [5.41, 5.74) is 0.899. The van der Waals surface area contributed by atoms with Crippen molar-refractivity contribution in [2.75, 3.05) is 19.4 Å². The van der Waals surface area contributed by atoms with Crippen LogP contribution in [0.5, 0.6) is 5.75 Å². The van der Waals surface area contributed by atoms with Gasteiger partial charge in [0.25, 0.3) is 0 Å². The van der Waals surface area contributed by atoms with Crippen LogP contribution in [-0.2, 0) is 10.0 Å². The molecule has 0 bridgehead atoms. The van der Waals surface area contributed by atoms with Gasteiger partial charge < -0.3 is 4.74 Å². The molecular formula is C13H19NO3S2. The van der Waals surface area contributed by atoms with E-state index >= 15 is 0 Å². The molecule has 1 aromatic rings. The molecule has 1 aromatic carbocycles. The highest BCUT2D eigenvalue weighted by atomic mass is 32.2. The number of aryl methyl sites for hydroxylation is 1. The van der Waals surface area contributed by atoms with Gasteiger partial charge in [0.05, 0.1) is 7.11 Å². The second-order valence-electron chi connectivity index (χ2n) is 4.64. The van der Waals surface area contributed by atoms with Crippen LogP contribution in [0.4, 0.5) is 0 Å². The third kappa shape index (κ3) is 3.64. The van der Waals surface area contributed by atoms with E-state index in [4.69, 9.17) is 4.74 Å². The van der Waals surface area contributed by atoms with Crippen molar-refractivity contribution in [2.45, 2.75) is 29.9 Å². The van der Waals surface area contributed by atoms with Crippen molar-refractivity contribution in [1.82, 2.24) is 4.72 Å². The Bertz CT molecular complexity index is 537. The van der Waals surface area contributed by atoms with Gasteiger partial charge in [0.15, 0.2) is 0 Å². The van der Waals surface area contributed by atoms with Crippen molar-refractivity contribution >= 4 is 21.8 Å². The molecule has 1 aliphatic heterocycles. The lowest BCUT2D eigenvalue weighted by Gasteiger charge is -2.13. The molecule has 19 heavy (non-hydrogen) atoms. The number of methoxy groups -OCH3 is 1. The molecule has 1 atom stereocenters. The van der Waals surface area contributed by atoms with E-state index in [1.54, 1.807) is 12.1 Å². The molecule has 1 fully saturated rings. The summed E-state index contributed by atoms with van der Waals surface area (Å²) in [5.74, 6) is 1.51. The molecule has 2 rings (SSSR count). The highest BCUT2D eigenvalue weighted by Crippen LogP contribution is 2.27. The Morgan fingerprint density at radius 1 is 1.47 bits per heavy atom. The molecule has 106 valence electrons. The fourth-order valence-corrected chi connectivity index (χ4v) is 4.72. The Balaban J connectivity index is 2.16. The number of rotatable bonds is 5. The Hall–Kier alpha value is -0.720. The largest absolute Gasteiger partial charge is 0.495 e. The van der Waals surface area contributed by atoms with E-state index in [1.807, 2.05) is 24.8 Å². The summed E-state index contributed by atoms with van der Waals surface area (Å²) in [6.45, 7) is 2.36. The van der Waals surface area contributed by atoms with Crippen molar-refractivity contribution in [2.24, 2.45) is 0 Å². The fourth-order valence-electron chi connectivity index (χ4n) is 2.08. The smallest absolute Gasteiger partial charge is 0.244 e. The summed E-state index contributed by atoms with van der Waals surface area (Å²) in [6.07, 6.45) is 2.25. The zero-order valence-electron chi connectivity index (χ0n) is 11.2. The van der Waals surface area contributed by atoms with Gasteiger partial charge in [0.1, 0.15) is 10.6 Å². The second kappa shape index (κ2) is 6.15. The van der Waals surface area contributed by atoms with E-state index in [0.717, 1.165) is 17.7 Å². The molecule has 0 aromatic heterocycles. The van der Waals surface area contributed by atoms with Crippen molar-refractivity contribution in [3.05, 3.63) is 23.8 Å². The van der Waals surface area contributed by atoms with E-state index < -0.39 is 10.0 Å². The number of hydrogen-bond acceptors (Lipinski definition) is 4. The molecule has 1 saturated heterocycles. The molecule has 6 heteroatoms. The Kier molecular flexibility index (Phi) is 4.76. The Labute approximate surface area is 119 Å². The van der Waals surface area contributed by atoms with Crippen molar-refractivity contribution < 1.29 is 13.2 Å². The Morgan fingerprint density at radius 3 is 2.89 bits per heavy atom. The zero-order valence-corrected chi connectivity index (χ0v) is 12.8. The molecule has 0 radical (unpaired) electrons. The van der Waals surface area contributed by atoms with Gasteiger partial charge in [-0.25, -0.2) is 13.1 Å². The lowest BCUT2D eigenvalue weighted by molar-refractivity contribution is 0.402. The van der Waals surface area contributed by atoms with Crippen molar-refractivity contribution in [3.8, 4) is 5.75 Å². The first-order chi connectivity index (χ1) is 9.03. The maximum absolute atomic E-state index is 12.3. The summed E-state index contributed by atoms with van der Waals surface area (Å²) in [7, 11) is -2.02. The SMILES string of the molecule is COc1ccc(C)cc1S(=O)(=O)NC[C@@H]1CCCS1. The van der Waals surface area contributed by atoms with Gasteiger partial charge in [-0.05, 0) is 43.2 Å². The van der Waals surface area contributed by atoms with Crippen LogP contribution < -0.4 is 9.46 Å². The minimum absolute atomic E-state index is 0.220. The molecule has 0 aliphatic carbocycles. The topological polar surface area (TPSA) is 55.4 Å². The standard InChI is InChI=1S/C13H19NO3S2/c1-10-5-6-12(17-2)13(8-10)19(15,16)14-9-11-4-3-7-18-11/h5-6,8,11,14H,3-4,7,9H2,1-2H3/t11-/m0/s1. The highest BCUT2D eigenvalue weighted by Gasteiger charge is 2.22. The molecule has 0 amide bonds. The van der Waals surface area contributed by atoms with Crippen molar-refractivity contribution in [1.29, 1.82) is 0 Å². The van der Waals surface area contributed by atoms with Crippen LogP contribution in [0.2, 0.25) is 0 Å². The van der Waals surface area contributed by atoms with Crippen molar-refractivity contribution in [3.63, 3.8) is 0 Å². The third-order valence-corrected chi connectivity index (χ3v) is 5.98. The average molecular weight is 301 g/mol. The second-order valence-corrected chi connectivity index (χ2v) is 7.78. The number of thioether (sulfide) groups is 1. The summed E-state index contributed by atoms with van der Waals surface area (Å²) in [6, 6.07) is 5.17. The average Bonchev–Trinajstić information content (AvgIpc) is 2.89. The number of sulfonamides is 1. The normalized spacial score (nSPS) is 19.6. The lowest BCUT2D eigenvalue weighted by atomic mass is 10.2. The summed E-state index contributed by atoms with van der Waals surface area (Å²) in [4.78, 5) is 0.220. The molecular weight excluding hydrogens is 282 g/mol. The van der Waals surface area contributed by atoms with Gasteiger partial charge in [-0.15, -0.1) is 0 Å². The van der Waals surface area contributed by atoms with Crippen LogP contribution >= 0.6 is 11.8 Å². The van der Waals surface area contributed by atoms with Gasteiger partial charge in [-0.3, -0.25) is 0 Å². The minimum atomic E-state index is -3.50. The summed E-state index contributed by atoms with van der Waals surface area (Å²) >= 11 is 1.83. The van der Waals surface area contributed by atoms with Gasteiger partial charge >= 0.3 is 0 Å². The van der Waals surface area contributed by atoms with E-state index in [1.165, 1.54) is 13.5 Å². The quantitative estimate of drug-likeness (QED) is 0.905. The predicted molar refractivity (Wildman–Crippen MR) is 78.4 cm³/mol. The maximum atomic E-state index is 12.3. The van der Waals surface area contributed by atoms with Gasteiger partial charge in [-0.1, -0.05) is 6.07 Å². The summed E-state index contributed by atoms with van der Waals surface area (Å²) < 4.78 is 32.5. The lowest BCUT2D eigenvalue weighted by Crippen LogP contribution is -2.30. The fraction of sp³-hybridized carbons (Fsp3) is 0.538. The molecule has 0 saturated carbocycles. The van der Waals surface area contributed by atoms with Crippen LogP contribution in [0.1, 0.15) is 18.4 Å². The monoisotopic (exact) mass is 301 g/mol. The zero-order chi connectivity index (χ0) is 13.9. The highest BCUT2D eigenvalue weighted by molar-refractivity contribution is 8.00. The first-order valence-corrected chi connectivity index (χ1v) is 8.82. The van der Waals surface area contributed by atoms with Gasteiger partial charge in [0, 0.05) is 11.8 Å². The molecule has 1 aliphatic rings. The van der Waals surface area contributed by atoms with Crippen LogP contribution in [0.25, 0.3) is 0 Å². The Morgan fingerprint density at radius 2 is 2.26 bits per heavy atom. The van der Waals surface area contributed by atoms with Crippen LogP contribution in [0.15, 0.2) is 23.1 Å². The minimum Gasteiger partial charge on any atom is -0.495 e. The molecule has 1 N–H and O–H groups in total. The molecule has 4 nitrogen and oxygen atoms in total. The summed E-state index contributed by atoms with van der Waals surface area (Å²) in [5, 5.41) is 0.394. The number of hydrogen-bond donors (Lipinski definition) is 1. The third-order valence-electron chi connectivity index (χ3n) is 3.13. The number of benzene rings is 1. The van der Waals surface area contributed by atoms with E-state index in [2.05, 4.69) is 4.72 Å². The van der Waals surface area contributed by atoms with Crippen LogP contribution in [0.3, 0.4) is 0 Å².